The first-order valence-electron chi connectivity index (χ1n) is 4.59. The van der Waals surface area contributed by atoms with E-state index in [1.807, 2.05) is 5.38 Å². The summed E-state index contributed by atoms with van der Waals surface area (Å²) in [7, 11) is 0. The minimum absolute atomic E-state index is 0.220. The number of aliphatic carboxylic acids is 1. The largest absolute Gasteiger partial charge is 0.481 e. The molecule has 0 bridgehead atoms. The molecule has 1 amide bonds. The van der Waals surface area contributed by atoms with Gasteiger partial charge in [0.25, 0.3) is 0 Å². The Labute approximate surface area is 91.9 Å². The van der Waals surface area contributed by atoms with Gasteiger partial charge in [-0.15, -0.1) is 11.3 Å². The molecule has 15 heavy (non-hydrogen) atoms. The average molecular weight is 227 g/mol. The van der Waals surface area contributed by atoms with Crippen molar-refractivity contribution < 1.29 is 14.7 Å². The number of anilines is 1. The van der Waals surface area contributed by atoms with Crippen LogP contribution in [0.1, 0.15) is 13.8 Å². The zero-order valence-electron chi connectivity index (χ0n) is 8.56. The summed E-state index contributed by atoms with van der Waals surface area (Å²) in [6, 6.07) is 3.53. The second kappa shape index (κ2) is 4.93. The molecule has 1 heterocycles. The maximum atomic E-state index is 11.6. The lowest BCUT2D eigenvalue weighted by Gasteiger charge is -2.14. The van der Waals surface area contributed by atoms with E-state index in [2.05, 4.69) is 5.32 Å². The number of amides is 1. The van der Waals surface area contributed by atoms with Crippen molar-refractivity contribution in [2.75, 3.05) is 5.32 Å². The van der Waals surface area contributed by atoms with Gasteiger partial charge in [-0.25, -0.2) is 0 Å². The van der Waals surface area contributed by atoms with E-state index in [1.165, 1.54) is 11.3 Å². The Morgan fingerprint density at radius 2 is 2.13 bits per heavy atom. The first-order chi connectivity index (χ1) is 7.02. The van der Waals surface area contributed by atoms with Crippen LogP contribution in [-0.4, -0.2) is 17.0 Å². The molecule has 5 heteroatoms. The zero-order chi connectivity index (χ0) is 11.4. The molecule has 1 rings (SSSR count). The average Bonchev–Trinajstić information content (AvgIpc) is 2.54. The topological polar surface area (TPSA) is 66.4 Å². The number of hydrogen-bond acceptors (Lipinski definition) is 3. The molecule has 0 saturated carbocycles. The van der Waals surface area contributed by atoms with Gasteiger partial charge in [0.15, 0.2) is 0 Å². The van der Waals surface area contributed by atoms with Crippen molar-refractivity contribution in [1.82, 2.24) is 0 Å². The van der Waals surface area contributed by atoms with Crippen LogP contribution in [0.2, 0.25) is 0 Å². The molecule has 0 saturated heterocycles. The summed E-state index contributed by atoms with van der Waals surface area (Å²) in [6.07, 6.45) is 0. The third-order valence-corrected chi connectivity index (χ3v) is 2.77. The monoisotopic (exact) mass is 227 g/mol. The highest BCUT2D eigenvalue weighted by atomic mass is 32.1. The van der Waals surface area contributed by atoms with E-state index in [0.29, 0.717) is 5.00 Å². The second-order valence-corrected chi connectivity index (χ2v) is 4.47. The highest BCUT2D eigenvalue weighted by Gasteiger charge is 2.29. The lowest BCUT2D eigenvalue weighted by molar-refractivity contribution is -0.147. The van der Waals surface area contributed by atoms with E-state index in [-0.39, 0.29) is 5.92 Å². The van der Waals surface area contributed by atoms with Crippen LogP contribution >= 0.6 is 11.3 Å². The van der Waals surface area contributed by atoms with Gasteiger partial charge < -0.3 is 10.4 Å². The molecular formula is C10H13NO3S. The van der Waals surface area contributed by atoms with Gasteiger partial charge in [0.1, 0.15) is 5.92 Å². The minimum atomic E-state index is -1.08. The number of hydrogen-bond donors (Lipinski definition) is 2. The molecule has 4 nitrogen and oxygen atoms in total. The standard InChI is InChI=1S/C10H13NO3S/c1-6(2)8(10(13)14)9(12)11-7-4-3-5-15-7/h3-6,8H,1-2H3,(H,11,12)(H,13,14). The van der Waals surface area contributed by atoms with Gasteiger partial charge in [0, 0.05) is 0 Å². The van der Waals surface area contributed by atoms with Crippen molar-refractivity contribution in [1.29, 1.82) is 0 Å². The van der Waals surface area contributed by atoms with E-state index in [9.17, 15) is 9.59 Å². The number of carbonyl (C=O) groups excluding carboxylic acids is 1. The Morgan fingerprint density at radius 1 is 1.47 bits per heavy atom. The SMILES string of the molecule is CC(C)C(C(=O)O)C(=O)Nc1cccs1. The summed E-state index contributed by atoms with van der Waals surface area (Å²) in [5.41, 5.74) is 0. The molecule has 0 aromatic carbocycles. The van der Waals surface area contributed by atoms with Crippen molar-refractivity contribution in [3.63, 3.8) is 0 Å². The fraction of sp³-hybridized carbons (Fsp3) is 0.400. The van der Waals surface area contributed by atoms with E-state index >= 15 is 0 Å². The summed E-state index contributed by atoms with van der Waals surface area (Å²) in [5, 5.41) is 14.0. The van der Waals surface area contributed by atoms with E-state index in [4.69, 9.17) is 5.11 Å². The molecule has 1 aromatic rings. The predicted molar refractivity (Wildman–Crippen MR) is 58.9 cm³/mol. The minimum Gasteiger partial charge on any atom is -0.481 e. The van der Waals surface area contributed by atoms with Crippen LogP contribution in [0.4, 0.5) is 5.00 Å². The third-order valence-electron chi connectivity index (χ3n) is 1.98. The molecule has 0 aliphatic rings. The van der Waals surface area contributed by atoms with Crippen molar-refractivity contribution in [2.24, 2.45) is 11.8 Å². The first-order valence-corrected chi connectivity index (χ1v) is 5.47. The maximum absolute atomic E-state index is 11.6. The van der Waals surface area contributed by atoms with Crippen LogP contribution in [-0.2, 0) is 9.59 Å². The number of carbonyl (C=O) groups is 2. The second-order valence-electron chi connectivity index (χ2n) is 3.53. The molecule has 0 aliphatic heterocycles. The van der Waals surface area contributed by atoms with E-state index < -0.39 is 17.8 Å². The number of nitrogens with one attached hydrogen (secondary N) is 1. The van der Waals surface area contributed by atoms with Crippen molar-refractivity contribution in [3.05, 3.63) is 17.5 Å². The summed E-state index contributed by atoms with van der Waals surface area (Å²) < 4.78 is 0. The van der Waals surface area contributed by atoms with Gasteiger partial charge in [0.05, 0.1) is 5.00 Å². The normalized spacial score (nSPS) is 12.5. The molecule has 1 aromatic heterocycles. The van der Waals surface area contributed by atoms with Crippen LogP contribution < -0.4 is 5.32 Å². The smallest absolute Gasteiger partial charge is 0.316 e. The molecule has 0 radical (unpaired) electrons. The lowest BCUT2D eigenvalue weighted by Crippen LogP contribution is -2.33. The summed E-state index contributed by atoms with van der Waals surface area (Å²) in [4.78, 5) is 22.5. The Kier molecular flexibility index (Phi) is 3.85. The molecule has 0 aliphatic carbocycles. The number of thiophene rings is 1. The Bertz CT molecular complexity index is 346. The Morgan fingerprint density at radius 3 is 2.53 bits per heavy atom. The zero-order valence-corrected chi connectivity index (χ0v) is 9.38. The van der Waals surface area contributed by atoms with Crippen LogP contribution in [0.25, 0.3) is 0 Å². The fourth-order valence-electron chi connectivity index (χ4n) is 1.25. The van der Waals surface area contributed by atoms with Gasteiger partial charge in [-0.2, -0.15) is 0 Å². The fourth-order valence-corrected chi connectivity index (χ4v) is 1.87. The summed E-state index contributed by atoms with van der Waals surface area (Å²) >= 11 is 1.37. The van der Waals surface area contributed by atoms with Gasteiger partial charge in [-0.3, -0.25) is 9.59 Å². The quantitative estimate of drug-likeness (QED) is 0.773. The summed E-state index contributed by atoms with van der Waals surface area (Å²) in [5.74, 6) is -2.76. The molecule has 2 N–H and O–H groups in total. The molecule has 82 valence electrons. The van der Waals surface area contributed by atoms with Crippen LogP contribution in [0.3, 0.4) is 0 Å². The molecular weight excluding hydrogens is 214 g/mol. The Hall–Kier alpha value is -1.36. The number of rotatable bonds is 4. The van der Waals surface area contributed by atoms with Crippen LogP contribution in [0.15, 0.2) is 17.5 Å². The lowest BCUT2D eigenvalue weighted by atomic mass is 9.95. The van der Waals surface area contributed by atoms with E-state index in [0.717, 1.165) is 0 Å². The highest BCUT2D eigenvalue weighted by Crippen LogP contribution is 2.18. The van der Waals surface area contributed by atoms with Gasteiger partial charge in [-0.1, -0.05) is 13.8 Å². The maximum Gasteiger partial charge on any atom is 0.316 e. The first kappa shape index (κ1) is 11.7. The van der Waals surface area contributed by atoms with Crippen molar-refractivity contribution in [2.45, 2.75) is 13.8 Å². The van der Waals surface area contributed by atoms with Crippen molar-refractivity contribution >= 4 is 28.2 Å². The third kappa shape index (κ3) is 3.06. The number of carboxylic acid groups (broad SMARTS) is 1. The van der Waals surface area contributed by atoms with Crippen LogP contribution in [0, 0.1) is 11.8 Å². The van der Waals surface area contributed by atoms with Gasteiger partial charge in [-0.05, 0) is 23.4 Å². The van der Waals surface area contributed by atoms with Crippen LogP contribution in [0.5, 0.6) is 0 Å². The van der Waals surface area contributed by atoms with Gasteiger partial charge >= 0.3 is 5.97 Å². The van der Waals surface area contributed by atoms with Gasteiger partial charge in [0.2, 0.25) is 5.91 Å². The summed E-state index contributed by atoms with van der Waals surface area (Å²) in [6.45, 7) is 3.43. The van der Waals surface area contributed by atoms with Crippen molar-refractivity contribution in [3.8, 4) is 0 Å². The molecule has 1 unspecified atom stereocenters. The highest BCUT2D eigenvalue weighted by molar-refractivity contribution is 7.14. The Balaban J connectivity index is 2.69. The molecule has 0 spiro atoms. The molecule has 1 atom stereocenters. The predicted octanol–water partition coefficient (Wildman–Crippen LogP) is 2.04. The number of carboxylic acids is 1. The molecule has 0 fully saturated rings. The van der Waals surface area contributed by atoms with E-state index in [1.54, 1.807) is 26.0 Å².